The summed E-state index contributed by atoms with van der Waals surface area (Å²) in [5, 5.41) is 18.0. The number of halogens is 2. The molecule has 0 spiro atoms. The molecule has 0 amide bonds. The average molecular weight is 308 g/mol. The van der Waals surface area contributed by atoms with Crippen LogP contribution in [-0.2, 0) is 9.47 Å². The van der Waals surface area contributed by atoms with Gasteiger partial charge in [0, 0.05) is 13.8 Å². The first-order valence-electron chi connectivity index (χ1n) is 3.31. The molecule has 0 aliphatic heterocycles. The minimum atomic E-state index is -1.34. The highest BCUT2D eigenvalue weighted by molar-refractivity contribution is 9.10. The molecule has 0 saturated heterocycles. The van der Waals surface area contributed by atoms with E-state index in [9.17, 15) is 0 Å². The molecule has 2 N–H and O–H groups in total. The van der Waals surface area contributed by atoms with E-state index in [1.165, 1.54) is 13.8 Å². The molecule has 6 heteroatoms. The van der Waals surface area contributed by atoms with Crippen LogP contribution in [0.1, 0.15) is 13.8 Å². The molecule has 0 aromatic carbocycles. The largest absolute Gasteiger partial charge is 0.357 e. The van der Waals surface area contributed by atoms with Crippen LogP contribution in [0, 0.1) is 0 Å². The SMILES string of the molecule is C[C@](O)(Br)OCCO[C@](C)(O)Br. The molecule has 0 saturated carbocycles. The lowest BCUT2D eigenvalue weighted by molar-refractivity contribution is -0.158. The number of rotatable bonds is 5. The van der Waals surface area contributed by atoms with Gasteiger partial charge in [0.2, 0.25) is 9.39 Å². The molecule has 0 bridgehead atoms. The summed E-state index contributed by atoms with van der Waals surface area (Å²) in [6.45, 7) is 3.25. The Morgan fingerprint density at radius 1 is 1.00 bits per heavy atom. The maximum Gasteiger partial charge on any atom is 0.221 e. The van der Waals surface area contributed by atoms with Crippen molar-refractivity contribution in [2.45, 2.75) is 23.2 Å². The van der Waals surface area contributed by atoms with E-state index in [2.05, 4.69) is 31.9 Å². The molecule has 0 aliphatic rings. The highest BCUT2D eigenvalue weighted by Gasteiger charge is 2.17. The third-order valence-corrected chi connectivity index (χ3v) is 1.27. The summed E-state index contributed by atoms with van der Waals surface area (Å²) in [6.07, 6.45) is 0. The van der Waals surface area contributed by atoms with Crippen molar-refractivity contribution in [3.63, 3.8) is 0 Å². The first kappa shape index (κ1) is 12.8. The molecular weight excluding hydrogens is 296 g/mol. The maximum atomic E-state index is 9.01. The molecule has 0 fully saturated rings. The fraction of sp³-hybridized carbons (Fsp3) is 1.00. The second-order valence-corrected chi connectivity index (χ2v) is 5.38. The summed E-state index contributed by atoms with van der Waals surface area (Å²) in [7, 11) is 0. The maximum absolute atomic E-state index is 9.01. The summed E-state index contributed by atoms with van der Waals surface area (Å²) in [4.78, 5) is 0. The first-order valence-corrected chi connectivity index (χ1v) is 4.90. The van der Waals surface area contributed by atoms with Crippen LogP contribution in [0.25, 0.3) is 0 Å². The number of hydrogen-bond acceptors (Lipinski definition) is 4. The molecule has 0 aromatic heterocycles. The zero-order valence-corrected chi connectivity index (χ0v) is 10.1. The fourth-order valence-electron chi connectivity index (χ4n) is 0.456. The summed E-state index contributed by atoms with van der Waals surface area (Å²) >= 11 is 5.73. The van der Waals surface area contributed by atoms with Crippen LogP contribution in [0.15, 0.2) is 0 Å². The minimum Gasteiger partial charge on any atom is -0.357 e. The monoisotopic (exact) mass is 306 g/mol. The van der Waals surface area contributed by atoms with Gasteiger partial charge in [0.1, 0.15) is 0 Å². The fourth-order valence-corrected chi connectivity index (χ4v) is 0.780. The summed E-state index contributed by atoms with van der Waals surface area (Å²) in [5.41, 5.74) is 0. The quantitative estimate of drug-likeness (QED) is 0.454. The van der Waals surface area contributed by atoms with Crippen molar-refractivity contribution in [1.82, 2.24) is 0 Å². The van der Waals surface area contributed by atoms with Crippen LogP contribution in [0.4, 0.5) is 0 Å². The van der Waals surface area contributed by atoms with Crippen molar-refractivity contribution < 1.29 is 19.7 Å². The van der Waals surface area contributed by atoms with E-state index in [0.29, 0.717) is 0 Å². The summed E-state index contributed by atoms with van der Waals surface area (Å²) in [5.74, 6) is 0. The summed E-state index contributed by atoms with van der Waals surface area (Å²) < 4.78 is 7.00. The first-order chi connectivity index (χ1) is 5.21. The molecule has 0 aliphatic carbocycles. The molecular formula is C6H12Br2O4. The predicted octanol–water partition coefficient (Wildman–Crippen LogP) is 1.14. The van der Waals surface area contributed by atoms with Gasteiger partial charge in [0.15, 0.2) is 0 Å². The Bertz CT molecular complexity index is 110. The molecule has 74 valence electrons. The van der Waals surface area contributed by atoms with Crippen LogP contribution in [0.2, 0.25) is 0 Å². The highest BCUT2D eigenvalue weighted by atomic mass is 79.9. The van der Waals surface area contributed by atoms with Crippen molar-refractivity contribution in [2.24, 2.45) is 0 Å². The van der Waals surface area contributed by atoms with E-state index < -0.39 is 9.39 Å². The van der Waals surface area contributed by atoms with Crippen LogP contribution in [-0.4, -0.2) is 32.8 Å². The topological polar surface area (TPSA) is 58.9 Å². The van der Waals surface area contributed by atoms with Gasteiger partial charge in [-0.1, -0.05) is 0 Å². The number of hydrogen-bond donors (Lipinski definition) is 2. The van der Waals surface area contributed by atoms with Crippen LogP contribution in [0.3, 0.4) is 0 Å². The zero-order valence-electron chi connectivity index (χ0n) is 6.88. The zero-order chi connectivity index (χ0) is 9.83. The Morgan fingerprint density at radius 3 is 1.42 bits per heavy atom. The van der Waals surface area contributed by atoms with E-state index in [4.69, 9.17) is 19.7 Å². The van der Waals surface area contributed by atoms with Gasteiger partial charge in [0.05, 0.1) is 13.2 Å². The second kappa shape index (κ2) is 4.88. The summed E-state index contributed by atoms with van der Waals surface area (Å²) in [6, 6.07) is 0. The van der Waals surface area contributed by atoms with E-state index in [0.717, 1.165) is 0 Å². The van der Waals surface area contributed by atoms with Crippen molar-refractivity contribution in [3.05, 3.63) is 0 Å². The lowest BCUT2D eigenvalue weighted by Crippen LogP contribution is -2.26. The van der Waals surface area contributed by atoms with E-state index >= 15 is 0 Å². The Kier molecular flexibility index (Phi) is 5.20. The molecule has 4 nitrogen and oxygen atoms in total. The standard InChI is InChI=1S/C6H12Br2O4/c1-5(7,9)11-3-4-12-6(2,8)10/h9-10H,3-4H2,1-2H3/t5-,6+. The number of ether oxygens (including phenoxy) is 2. The minimum absolute atomic E-state index is 0.181. The van der Waals surface area contributed by atoms with E-state index in [1.54, 1.807) is 0 Å². The molecule has 0 radical (unpaired) electrons. The second-order valence-electron chi connectivity index (χ2n) is 2.44. The third kappa shape index (κ3) is 10.8. The Labute approximate surface area is 88.1 Å². The Morgan fingerprint density at radius 2 is 1.25 bits per heavy atom. The Hall–Kier alpha value is 0.800. The van der Waals surface area contributed by atoms with Crippen LogP contribution in [0.5, 0.6) is 0 Å². The molecule has 0 heterocycles. The van der Waals surface area contributed by atoms with E-state index in [1.807, 2.05) is 0 Å². The molecule has 12 heavy (non-hydrogen) atoms. The number of alkyl halides is 2. The molecule has 0 aromatic rings. The van der Waals surface area contributed by atoms with Crippen molar-refractivity contribution >= 4 is 31.9 Å². The van der Waals surface area contributed by atoms with Crippen molar-refractivity contribution in [1.29, 1.82) is 0 Å². The smallest absolute Gasteiger partial charge is 0.221 e. The van der Waals surface area contributed by atoms with Gasteiger partial charge in [-0.3, -0.25) is 0 Å². The Balaban J connectivity index is 3.35. The van der Waals surface area contributed by atoms with Gasteiger partial charge in [-0.25, -0.2) is 0 Å². The van der Waals surface area contributed by atoms with Gasteiger partial charge in [-0.2, -0.15) is 0 Å². The lowest BCUT2D eigenvalue weighted by Gasteiger charge is -2.19. The van der Waals surface area contributed by atoms with Gasteiger partial charge in [-0.05, 0) is 31.9 Å². The van der Waals surface area contributed by atoms with Crippen LogP contribution < -0.4 is 0 Å². The molecule has 2 atom stereocenters. The van der Waals surface area contributed by atoms with Gasteiger partial charge < -0.3 is 19.7 Å². The molecule has 0 rings (SSSR count). The lowest BCUT2D eigenvalue weighted by atomic mass is 10.7. The van der Waals surface area contributed by atoms with Crippen molar-refractivity contribution in [3.8, 4) is 0 Å². The molecule has 0 unspecified atom stereocenters. The average Bonchev–Trinajstić information content (AvgIpc) is 1.76. The normalized spacial score (nSPS) is 21.5. The van der Waals surface area contributed by atoms with Gasteiger partial charge >= 0.3 is 0 Å². The number of aliphatic hydroxyl groups is 2. The van der Waals surface area contributed by atoms with Crippen molar-refractivity contribution in [2.75, 3.05) is 13.2 Å². The van der Waals surface area contributed by atoms with Gasteiger partial charge in [-0.15, -0.1) is 0 Å². The van der Waals surface area contributed by atoms with E-state index in [-0.39, 0.29) is 13.2 Å². The highest BCUT2D eigenvalue weighted by Crippen LogP contribution is 2.16. The third-order valence-electron chi connectivity index (χ3n) is 0.814. The van der Waals surface area contributed by atoms with Crippen LogP contribution >= 0.6 is 31.9 Å². The predicted molar refractivity (Wildman–Crippen MR) is 51.0 cm³/mol. The van der Waals surface area contributed by atoms with Gasteiger partial charge in [0.25, 0.3) is 0 Å².